The number of nitrogen functional groups attached to an aromatic ring is 1. The average molecular weight is 413 g/mol. The first kappa shape index (κ1) is 18.7. The van der Waals surface area contributed by atoms with Crippen molar-refractivity contribution in [3.63, 3.8) is 0 Å². The molecule has 0 saturated heterocycles. The van der Waals surface area contributed by atoms with Gasteiger partial charge in [0.1, 0.15) is 11.0 Å². The van der Waals surface area contributed by atoms with Crippen LogP contribution in [0.2, 0.25) is 5.15 Å². The number of nitrogens with zero attached hydrogens (tertiary/aromatic N) is 4. The summed E-state index contributed by atoms with van der Waals surface area (Å²) in [4.78, 5) is 12.8. The zero-order chi connectivity index (χ0) is 19.1. The maximum atomic E-state index is 11.6. The lowest BCUT2D eigenvalue weighted by atomic mass is 10.2. The van der Waals surface area contributed by atoms with Crippen LogP contribution in [0, 0.1) is 0 Å². The van der Waals surface area contributed by atoms with Gasteiger partial charge in [0, 0.05) is 24.7 Å². The summed E-state index contributed by atoms with van der Waals surface area (Å²) >= 11 is 7.28. The van der Waals surface area contributed by atoms with Gasteiger partial charge in [0.25, 0.3) is 0 Å². The maximum absolute atomic E-state index is 11.6. The van der Waals surface area contributed by atoms with Gasteiger partial charge in [-0.2, -0.15) is 0 Å². The van der Waals surface area contributed by atoms with Gasteiger partial charge in [-0.1, -0.05) is 23.4 Å². The summed E-state index contributed by atoms with van der Waals surface area (Å²) in [7, 11) is -1.55. The molecule has 3 aromatic rings. The van der Waals surface area contributed by atoms with Gasteiger partial charge in [0.2, 0.25) is 10.0 Å². The topological polar surface area (TPSA) is 116 Å². The largest absolute Gasteiger partial charge is 0.384 e. The Morgan fingerprint density at radius 3 is 2.73 bits per heavy atom. The molecule has 0 fully saturated rings. The molecule has 0 amide bonds. The van der Waals surface area contributed by atoms with Crippen LogP contribution in [0.15, 0.2) is 29.7 Å². The first-order chi connectivity index (χ1) is 12.1. The van der Waals surface area contributed by atoms with Crippen LogP contribution in [0.5, 0.6) is 0 Å². The Bertz CT molecular complexity index is 1060. The minimum absolute atomic E-state index is 0.0939. The van der Waals surface area contributed by atoms with Gasteiger partial charge >= 0.3 is 0 Å². The van der Waals surface area contributed by atoms with Crippen molar-refractivity contribution >= 4 is 55.8 Å². The third kappa shape index (κ3) is 4.19. The third-order valence-corrected chi connectivity index (χ3v) is 5.36. The summed E-state index contributed by atoms with van der Waals surface area (Å²) in [5, 5.41) is 1.40. The van der Waals surface area contributed by atoms with Crippen molar-refractivity contribution in [2.45, 2.75) is 17.3 Å². The number of hydrogen-bond donors (Lipinski definition) is 2. The van der Waals surface area contributed by atoms with E-state index in [1.807, 2.05) is 24.6 Å². The number of nitrogens with one attached hydrogen (secondary N) is 1. The van der Waals surface area contributed by atoms with Crippen LogP contribution in [0.25, 0.3) is 10.9 Å². The number of halogens is 1. The summed E-state index contributed by atoms with van der Waals surface area (Å²) in [6.07, 6.45) is 4.55. The highest BCUT2D eigenvalue weighted by molar-refractivity contribution is 7.99. The Balaban J connectivity index is 1.95. The number of aromatic nitrogens is 4. The van der Waals surface area contributed by atoms with Gasteiger partial charge < -0.3 is 10.3 Å². The number of thioether (sulfide) groups is 1. The fourth-order valence-corrected chi connectivity index (χ4v) is 4.16. The smallest absolute Gasteiger partial charge is 0.229 e. The van der Waals surface area contributed by atoms with Gasteiger partial charge in [-0.25, -0.2) is 18.4 Å². The highest BCUT2D eigenvalue weighted by Crippen LogP contribution is 2.35. The molecule has 26 heavy (non-hydrogen) atoms. The molecule has 0 saturated carbocycles. The van der Waals surface area contributed by atoms with E-state index in [0.717, 1.165) is 22.9 Å². The quantitative estimate of drug-likeness (QED) is 0.376. The number of pyridine rings is 1. The highest BCUT2D eigenvalue weighted by atomic mass is 35.5. The van der Waals surface area contributed by atoms with E-state index in [0.29, 0.717) is 16.7 Å². The Morgan fingerprint density at radius 2 is 2.08 bits per heavy atom. The Labute approximate surface area is 160 Å². The minimum atomic E-state index is -3.38. The van der Waals surface area contributed by atoms with Crippen molar-refractivity contribution in [3.05, 3.63) is 35.4 Å². The van der Waals surface area contributed by atoms with Gasteiger partial charge in [0.15, 0.2) is 5.16 Å². The summed E-state index contributed by atoms with van der Waals surface area (Å²) in [6, 6.07) is 3.34. The second kappa shape index (κ2) is 6.93. The zero-order valence-electron chi connectivity index (χ0n) is 14.3. The van der Waals surface area contributed by atoms with Crippen LogP contribution in [0.3, 0.4) is 0 Å². The summed E-state index contributed by atoms with van der Waals surface area (Å²) in [5.74, 6) is 0.297. The molecular weight excluding hydrogens is 396 g/mol. The molecule has 0 aliphatic carbocycles. The van der Waals surface area contributed by atoms with Crippen molar-refractivity contribution in [1.29, 1.82) is 0 Å². The molecule has 0 bridgehead atoms. The molecular formula is C15H17ClN6O2S2. The van der Waals surface area contributed by atoms with E-state index in [1.165, 1.54) is 17.8 Å². The number of fused-ring (bicyclic) bond motifs is 1. The standard InChI is InChI=1S/C15H17ClN6O2S2/c1-8(25-15-19-13(16)5-14(17)20-15)10-4-9-11(21-26(3,23)24)7-22(2)12(9)6-18-10/h4-8,21H,1-3H3,(H2,17,19,20). The molecule has 0 aliphatic rings. The normalized spacial score (nSPS) is 13.1. The number of sulfonamides is 1. The molecule has 1 atom stereocenters. The first-order valence-corrected chi connectivity index (χ1v) is 10.7. The zero-order valence-corrected chi connectivity index (χ0v) is 16.7. The van der Waals surface area contributed by atoms with E-state index in [9.17, 15) is 8.42 Å². The van der Waals surface area contributed by atoms with E-state index < -0.39 is 10.0 Å². The maximum Gasteiger partial charge on any atom is 0.229 e. The Hall–Kier alpha value is -2.04. The number of anilines is 2. The predicted octanol–water partition coefficient (Wildman–Crippen LogP) is 2.82. The predicted molar refractivity (Wildman–Crippen MR) is 105 cm³/mol. The second-order valence-corrected chi connectivity index (χ2v) is 9.26. The molecule has 3 rings (SSSR count). The summed E-state index contributed by atoms with van der Waals surface area (Å²) in [5.41, 5.74) is 7.78. The van der Waals surface area contributed by atoms with E-state index in [4.69, 9.17) is 17.3 Å². The Kier molecular flexibility index (Phi) is 5.00. The van der Waals surface area contributed by atoms with Gasteiger partial charge in [-0.05, 0) is 13.0 Å². The van der Waals surface area contributed by atoms with Gasteiger partial charge in [0.05, 0.1) is 34.6 Å². The molecule has 11 heteroatoms. The molecule has 3 N–H and O–H groups in total. The summed E-state index contributed by atoms with van der Waals surface area (Å²) in [6.45, 7) is 1.95. The number of rotatable bonds is 5. The van der Waals surface area contributed by atoms with E-state index in [-0.39, 0.29) is 10.4 Å². The van der Waals surface area contributed by atoms with Crippen LogP contribution in [0.1, 0.15) is 17.9 Å². The van der Waals surface area contributed by atoms with Crippen LogP contribution < -0.4 is 10.5 Å². The fraction of sp³-hybridized carbons (Fsp3) is 0.267. The third-order valence-electron chi connectivity index (χ3n) is 3.59. The summed E-state index contributed by atoms with van der Waals surface area (Å²) < 4.78 is 27.5. The van der Waals surface area contributed by atoms with E-state index in [2.05, 4.69) is 19.7 Å². The van der Waals surface area contributed by atoms with Crippen LogP contribution >= 0.6 is 23.4 Å². The molecule has 3 aromatic heterocycles. The molecule has 138 valence electrons. The van der Waals surface area contributed by atoms with Crippen molar-refractivity contribution in [3.8, 4) is 0 Å². The van der Waals surface area contributed by atoms with Gasteiger partial charge in [-0.3, -0.25) is 9.71 Å². The average Bonchev–Trinajstić information content (AvgIpc) is 2.80. The molecule has 0 aromatic carbocycles. The number of aryl methyl sites for hydroxylation is 1. The van der Waals surface area contributed by atoms with E-state index >= 15 is 0 Å². The van der Waals surface area contributed by atoms with Crippen LogP contribution in [-0.4, -0.2) is 34.2 Å². The van der Waals surface area contributed by atoms with E-state index in [1.54, 1.807) is 12.4 Å². The highest BCUT2D eigenvalue weighted by Gasteiger charge is 2.16. The van der Waals surface area contributed by atoms with Gasteiger partial charge in [-0.15, -0.1) is 0 Å². The minimum Gasteiger partial charge on any atom is -0.384 e. The van der Waals surface area contributed by atoms with Crippen molar-refractivity contribution in [2.75, 3.05) is 16.7 Å². The molecule has 0 spiro atoms. The van der Waals surface area contributed by atoms with Crippen molar-refractivity contribution in [2.24, 2.45) is 7.05 Å². The lowest BCUT2D eigenvalue weighted by Crippen LogP contribution is -2.09. The molecule has 1 unspecified atom stereocenters. The Morgan fingerprint density at radius 1 is 1.35 bits per heavy atom. The lowest BCUT2D eigenvalue weighted by Gasteiger charge is -2.11. The van der Waals surface area contributed by atoms with Crippen molar-refractivity contribution in [1.82, 2.24) is 19.5 Å². The number of hydrogen-bond acceptors (Lipinski definition) is 7. The molecule has 0 radical (unpaired) electrons. The van der Waals surface area contributed by atoms with Crippen molar-refractivity contribution < 1.29 is 8.42 Å². The number of nitrogens with two attached hydrogens (primary N) is 1. The SMILES string of the molecule is CC(Sc1nc(N)cc(Cl)n1)c1cc2c(NS(C)(=O)=O)cn(C)c2cn1. The fourth-order valence-electron chi connectivity index (χ4n) is 2.48. The molecule has 3 heterocycles. The molecule has 8 nitrogen and oxygen atoms in total. The lowest BCUT2D eigenvalue weighted by molar-refractivity contribution is 0.607. The first-order valence-electron chi connectivity index (χ1n) is 7.52. The van der Waals surface area contributed by atoms with Crippen LogP contribution in [-0.2, 0) is 17.1 Å². The monoisotopic (exact) mass is 412 g/mol. The molecule has 0 aliphatic heterocycles. The van der Waals surface area contributed by atoms with Crippen LogP contribution in [0.4, 0.5) is 11.5 Å². The second-order valence-electron chi connectivity index (χ2n) is 5.81.